The molecule has 0 spiro atoms. The average Bonchev–Trinajstić information content (AvgIpc) is 2.12. The Morgan fingerprint density at radius 2 is 1.93 bits per heavy atom. The van der Waals surface area contributed by atoms with Crippen LogP contribution in [0, 0.1) is 0 Å². The molecule has 0 atom stereocenters. The first-order valence-electron chi connectivity index (χ1n) is 4.70. The molecule has 1 fully saturated rings. The molecule has 1 aromatic carbocycles. The summed E-state index contributed by atoms with van der Waals surface area (Å²) in [6.07, 6.45) is 2.15. The van der Waals surface area contributed by atoms with Crippen LogP contribution in [0.15, 0.2) is 30.3 Å². The van der Waals surface area contributed by atoms with Crippen LogP contribution in [0.3, 0.4) is 0 Å². The Bertz CT molecular complexity index is 328. The molecule has 0 saturated heterocycles. The van der Waals surface area contributed by atoms with Gasteiger partial charge in [-0.25, -0.2) is 4.79 Å². The Balaban J connectivity index is 2.13. The van der Waals surface area contributed by atoms with E-state index in [4.69, 9.17) is 9.84 Å². The molecule has 0 radical (unpaired) electrons. The number of carbonyl (C=O) groups is 1. The number of ether oxygens (including phenoxy) is 1. The van der Waals surface area contributed by atoms with E-state index in [1.807, 2.05) is 18.2 Å². The lowest BCUT2D eigenvalue weighted by Crippen LogP contribution is -2.50. The molecule has 0 aliphatic heterocycles. The van der Waals surface area contributed by atoms with Gasteiger partial charge in [0, 0.05) is 0 Å². The first kappa shape index (κ1) is 9.06. The van der Waals surface area contributed by atoms with Gasteiger partial charge >= 0.3 is 5.97 Å². The Labute approximate surface area is 82.3 Å². The molecule has 0 amide bonds. The van der Waals surface area contributed by atoms with Gasteiger partial charge in [-0.2, -0.15) is 0 Å². The number of benzene rings is 1. The van der Waals surface area contributed by atoms with Gasteiger partial charge in [0.2, 0.25) is 5.60 Å². The fourth-order valence-corrected chi connectivity index (χ4v) is 1.57. The highest BCUT2D eigenvalue weighted by atomic mass is 16.5. The van der Waals surface area contributed by atoms with E-state index in [9.17, 15) is 4.79 Å². The van der Waals surface area contributed by atoms with Gasteiger partial charge in [0.15, 0.2) is 0 Å². The van der Waals surface area contributed by atoms with Crippen LogP contribution in [-0.2, 0) is 4.79 Å². The number of rotatable bonds is 3. The second-order valence-corrected chi connectivity index (χ2v) is 3.57. The van der Waals surface area contributed by atoms with E-state index in [1.165, 1.54) is 0 Å². The zero-order chi connectivity index (χ0) is 10.0. The third-order valence-corrected chi connectivity index (χ3v) is 2.61. The van der Waals surface area contributed by atoms with Crippen LogP contribution < -0.4 is 4.74 Å². The van der Waals surface area contributed by atoms with Crippen LogP contribution in [0.5, 0.6) is 5.75 Å². The van der Waals surface area contributed by atoms with E-state index in [1.54, 1.807) is 12.1 Å². The number of hydrogen-bond acceptors (Lipinski definition) is 2. The van der Waals surface area contributed by atoms with Crippen molar-refractivity contribution in [1.82, 2.24) is 0 Å². The smallest absolute Gasteiger partial charge is 0.348 e. The number of carboxylic acids is 1. The van der Waals surface area contributed by atoms with Crippen molar-refractivity contribution < 1.29 is 14.6 Å². The molecule has 1 aliphatic carbocycles. The molecule has 1 aliphatic rings. The van der Waals surface area contributed by atoms with Crippen molar-refractivity contribution in [2.75, 3.05) is 0 Å². The second kappa shape index (κ2) is 3.33. The lowest BCUT2D eigenvalue weighted by Gasteiger charge is -2.37. The zero-order valence-corrected chi connectivity index (χ0v) is 7.77. The predicted octanol–water partition coefficient (Wildman–Crippen LogP) is 2.07. The fraction of sp³-hybridized carbons (Fsp3) is 0.364. The van der Waals surface area contributed by atoms with E-state index in [-0.39, 0.29) is 0 Å². The molecule has 1 saturated carbocycles. The third kappa shape index (κ3) is 1.45. The minimum atomic E-state index is -0.957. The van der Waals surface area contributed by atoms with Crippen molar-refractivity contribution in [3.8, 4) is 5.75 Å². The molecule has 14 heavy (non-hydrogen) atoms. The first-order valence-corrected chi connectivity index (χ1v) is 4.70. The molecular formula is C11H12O3. The lowest BCUT2D eigenvalue weighted by molar-refractivity contribution is -0.163. The van der Waals surface area contributed by atoms with Gasteiger partial charge in [0.1, 0.15) is 5.75 Å². The molecule has 3 nitrogen and oxygen atoms in total. The first-order chi connectivity index (χ1) is 6.73. The quantitative estimate of drug-likeness (QED) is 0.797. The second-order valence-electron chi connectivity index (χ2n) is 3.57. The van der Waals surface area contributed by atoms with Gasteiger partial charge in [0.25, 0.3) is 0 Å². The van der Waals surface area contributed by atoms with Crippen molar-refractivity contribution in [3.05, 3.63) is 30.3 Å². The molecule has 1 aromatic rings. The fourth-order valence-electron chi connectivity index (χ4n) is 1.57. The van der Waals surface area contributed by atoms with E-state index in [2.05, 4.69) is 0 Å². The normalized spacial score (nSPS) is 18.3. The highest BCUT2D eigenvalue weighted by Crippen LogP contribution is 2.36. The lowest BCUT2D eigenvalue weighted by atomic mass is 9.80. The van der Waals surface area contributed by atoms with Gasteiger partial charge in [0.05, 0.1) is 0 Å². The van der Waals surface area contributed by atoms with Crippen molar-refractivity contribution in [1.29, 1.82) is 0 Å². The summed E-state index contributed by atoms with van der Waals surface area (Å²) in [5, 5.41) is 9.02. The van der Waals surface area contributed by atoms with Crippen LogP contribution >= 0.6 is 0 Å². The summed E-state index contributed by atoms with van der Waals surface area (Å²) in [5.74, 6) is -0.220. The van der Waals surface area contributed by atoms with Gasteiger partial charge in [-0.1, -0.05) is 18.2 Å². The number of para-hydroxylation sites is 1. The van der Waals surface area contributed by atoms with Crippen molar-refractivity contribution in [3.63, 3.8) is 0 Å². The van der Waals surface area contributed by atoms with Gasteiger partial charge in [-0.05, 0) is 31.4 Å². The van der Waals surface area contributed by atoms with Gasteiger partial charge in [-0.15, -0.1) is 0 Å². The SMILES string of the molecule is O=C(O)C1(Oc2ccccc2)CCC1. The molecule has 0 unspecified atom stereocenters. The van der Waals surface area contributed by atoms with Crippen LogP contribution in [0.2, 0.25) is 0 Å². The van der Waals surface area contributed by atoms with Crippen molar-refractivity contribution in [2.24, 2.45) is 0 Å². The topological polar surface area (TPSA) is 46.5 Å². The summed E-state index contributed by atoms with van der Waals surface area (Å²) < 4.78 is 5.50. The maximum absolute atomic E-state index is 11.0. The number of aliphatic carboxylic acids is 1. The highest BCUT2D eigenvalue weighted by molar-refractivity contribution is 5.79. The maximum atomic E-state index is 11.0. The third-order valence-electron chi connectivity index (χ3n) is 2.61. The largest absolute Gasteiger partial charge is 0.478 e. The van der Waals surface area contributed by atoms with E-state index in [0.717, 1.165) is 6.42 Å². The molecule has 3 heteroatoms. The summed E-state index contributed by atoms with van der Waals surface area (Å²) in [6.45, 7) is 0. The molecule has 0 bridgehead atoms. The van der Waals surface area contributed by atoms with E-state index in [0.29, 0.717) is 18.6 Å². The van der Waals surface area contributed by atoms with Gasteiger partial charge in [-0.3, -0.25) is 0 Å². The Morgan fingerprint density at radius 3 is 2.36 bits per heavy atom. The van der Waals surface area contributed by atoms with Crippen LogP contribution in [0.25, 0.3) is 0 Å². The predicted molar refractivity (Wildman–Crippen MR) is 51.3 cm³/mol. The molecule has 0 heterocycles. The number of hydrogen-bond donors (Lipinski definition) is 1. The average molecular weight is 192 g/mol. The van der Waals surface area contributed by atoms with Crippen LogP contribution in [0.4, 0.5) is 0 Å². The van der Waals surface area contributed by atoms with E-state index < -0.39 is 11.6 Å². The van der Waals surface area contributed by atoms with Crippen LogP contribution in [0.1, 0.15) is 19.3 Å². The Morgan fingerprint density at radius 1 is 1.29 bits per heavy atom. The molecule has 0 aromatic heterocycles. The summed E-state index contributed by atoms with van der Waals surface area (Å²) >= 11 is 0. The molecule has 2 rings (SSSR count). The number of carboxylic acid groups (broad SMARTS) is 1. The summed E-state index contributed by atoms with van der Waals surface area (Å²) in [5.41, 5.74) is -0.957. The molecule has 74 valence electrons. The van der Waals surface area contributed by atoms with Gasteiger partial charge < -0.3 is 9.84 Å². The summed E-state index contributed by atoms with van der Waals surface area (Å²) in [6, 6.07) is 9.11. The molecule has 1 N–H and O–H groups in total. The summed E-state index contributed by atoms with van der Waals surface area (Å²) in [4.78, 5) is 11.0. The minimum absolute atomic E-state index is 0.608. The maximum Gasteiger partial charge on any atom is 0.348 e. The monoisotopic (exact) mass is 192 g/mol. The van der Waals surface area contributed by atoms with Crippen molar-refractivity contribution >= 4 is 5.97 Å². The van der Waals surface area contributed by atoms with Crippen LogP contribution in [-0.4, -0.2) is 16.7 Å². The summed E-state index contributed by atoms with van der Waals surface area (Å²) in [7, 11) is 0. The highest BCUT2D eigenvalue weighted by Gasteiger charge is 2.47. The van der Waals surface area contributed by atoms with E-state index >= 15 is 0 Å². The zero-order valence-electron chi connectivity index (χ0n) is 7.77. The molecular weight excluding hydrogens is 180 g/mol. The Kier molecular flexibility index (Phi) is 2.15. The van der Waals surface area contributed by atoms with Crippen molar-refractivity contribution in [2.45, 2.75) is 24.9 Å². The minimum Gasteiger partial charge on any atom is -0.478 e. The standard InChI is InChI=1S/C11H12O3/c12-10(13)11(7-4-8-11)14-9-5-2-1-3-6-9/h1-3,5-6H,4,7-8H2,(H,12,13). The Hall–Kier alpha value is -1.51.